The zero-order valence-electron chi connectivity index (χ0n) is 18.8. The molecule has 1 heteroatoms. The van der Waals surface area contributed by atoms with Gasteiger partial charge in [-0.05, 0) is 106 Å². The number of ether oxygens (including phenoxy) is 1. The monoisotopic (exact) mass is 394 g/mol. The van der Waals surface area contributed by atoms with Crippen LogP contribution >= 0.6 is 0 Å². The summed E-state index contributed by atoms with van der Waals surface area (Å²) < 4.78 is 5.73. The van der Waals surface area contributed by atoms with Crippen molar-refractivity contribution >= 4 is 0 Å². The van der Waals surface area contributed by atoms with Gasteiger partial charge in [0, 0.05) is 0 Å². The van der Waals surface area contributed by atoms with Crippen molar-refractivity contribution in [3.63, 3.8) is 0 Å². The molecule has 2 aliphatic rings. The second kappa shape index (κ2) is 12.4. The van der Waals surface area contributed by atoms with Gasteiger partial charge in [-0.15, -0.1) is 0 Å². The minimum absolute atomic E-state index is 0.719. The number of benzene rings is 1. The third-order valence-electron chi connectivity index (χ3n) is 7.37. The maximum absolute atomic E-state index is 5.73. The molecule has 0 N–H and O–H groups in total. The van der Waals surface area contributed by atoms with Crippen LogP contribution in [-0.4, -0.2) is 6.61 Å². The van der Waals surface area contributed by atoms with E-state index in [1.807, 2.05) is 0 Å². The molecule has 0 bridgehead atoms. The Morgan fingerprint density at radius 1 is 0.828 bits per heavy atom. The Morgan fingerprint density at radius 2 is 1.48 bits per heavy atom. The van der Waals surface area contributed by atoms with Crippen LogP contribution in [0.25, 0.3) is 0 Å². The summed E-state index contributed by atoms with van der Waals surface area (Å²) in [5.41, 5.74) is 2.84. The van der Waals surface area contributed by atoms with Crippen LogP contribution in [0.2, 0.25) is 0 Å². The van der Waals surface area contributed by atoms with Gasteiger partial charge in [-0.2, -0.15) is 0 Å². The molecular formula is C28H42O. The first-order valence-electron chi connectivity index (χ1n) is 12.2. The zero-order chi connectivity index (χ0) is 20.3. The molecule has 0 amide bonds. The maximum Gasteiger partial charge on any atom is 0.0721 e. The van der Waals surface area contributed by atoms with Gasteiger partial charge in [-0.3, -0.25) is 0 Å². The van der Waals surface area contributed by atoms with Crippen LogP contribution in [-0.2, 0) is 11.3 Å². The molecule has 0 atom stereocenters. The van der Waals surface area contributed by atoms with E-state index in [9.17, 15) is 0 Å². The summed E-state index contributed by atoms with van der Waals surface area (Å²) in [6.07, 6.45) is 22.8. The Hall–Kier alpha value is -1.34. The first-order valence-corrected chi connectivity index (χ1v) is 12.2. The van der Waals surface area contributed by atoms with E-state index in [4.69, 9.17) is 4.74 Å². The highest BCUT2D eigenvalue weighted by Gasteiger charge is 2.30. The fraction of sp³-hybridized carbons (Fsp3) is 0.643. The molecule has 29 heavy (non-hydrogen) atoms. The summed E-state index contributed by atoms with van der Waals surface area (Å²) in [6.45, 7) is 5.74. The minimum atomic E-state index is 0.719. The van der Waals surface area contributed by atoms with Crippen molar-refractivity contribution in [2.24, 2.45) is 17.8 Å². The largest absolute Gasteiger partial charge is 0.373 e. The number of hydrogen-bond acceptors (Lipinski definition) is 1. The standard InChI is InChI=1S/C28H42O/c1-3-5-7-21-29-22-24-11-15-26(16-12-24)28-19-17-27(18-20-28)25-13-9-23(10-14-25)8-6-4-2/h4-7,11-12,15-16,23,25,27-28H,3,8-10,13-14,17-22H2,1-2H3/b6-4+,7-5+/t23-,25-,27?,28?. The molecule has 0 radical (unpaired) electrons. The smallest absolute Gasteiger partial charge is 0.0721 e. The molecule has 0 spiro atoms. The third kappa shape index (κ3) is 7.14. The van der Waals surface area contributed by atoms with Crippen LogP contribution in [0.3, 0.4) is 0 Å². The van der Waals surface area contributed by atoms with E-state index in [-0.39, 0.29) is 0 Å². The highest BCUT2D eigenvalue weighted by Crippen LogP contribution is 2.44. The van der Waals surface area contributed by atoms with E-state index in [2.05, 4.69) is 62.4 Å². The fourth-order valence-electron chi connectivity index (χ4n) is 5.51. The molecule has 1 nitrogen and oxygen atoms in total. The predicted molar refractivity (Wildman–Crippen MR) is 125 cm³/mol. The van der Waals surface area contributed by atoms with Gasteiger partial charge in [-0.1, -0.05) is 55.5 Å². The van der Waals surface area contributed by atoms with Crippen molar-refractivity contribution < 1.29 is 4.74 Å². The van der Waals surface area contributed by atoms with Crippen LogP contribution in [0.5, 0.6) is 0 Å². The molecule has 0 aromatic heterocycles. The van der Waals surface area contributed by atoms with Gasteiger partial charge >= 0.3 is 0 Å². The SMILES string of the molecule is C/C=C/C[C@H]1CC[C@H](C2CCC(c3ccc(COC/C=C/CC)cc3)CC2)CC1. The predicted octanol–water partition coefficient (Wildman–Crippen LogP) is 8.22. The van der Waals surface area contributed by atoms with E-state index in [1.54, 1.807) is 5.56 Å². The second-order valence-corrected chi connectivity index (χ2v) is 9.33. The molecule has 1 aromatic carbocycles. The minimum Gasteiger partial charge on any atom is -0.373 e. The number of hydrogen-bond donors (Lipinski definition) is 0. The Morgan fingerprint density at radius 3 is 2.10 bits per heavy atom. The molecule has 0 heterocycles. The van der Waals surface area contributed by atoms with Crippen molar-refractivity contribution in [2.45, 2.75) is 90.6 Å². The molecule has 2 aliphatic carbocycles. The topological polar surface area (TPSA) is 9.23 Å². The van der Waals surface area contributed by atoms with Crippen molar-refractivity contribution in [3.05, 3.63) is 59.7 Å². The summed E-state index contributed by atoms with van der Waals surface area (Å²) in [5.74, 6) is 3.75. The Labute approximate surface area is 179 Å². The van der Waals surface area contributed by atoms with Crippen LogP contribution in [0.1, 0.15) is 95.1 Å². The van der Waals surface area contributed by atoms with E-state index in [0.717, 1.165) is 43.3 Å². The maximum atomic E-state index is 5.73. The molecule has 2 fully saturated rings. The first kappa shape index (κ1) is 22.3. The van der Waals surface area contributed by atoms with Gasteiger partial charge in [0.2, 0.25) is 0 Å². The highest BCUT2D eigenvalue weighted by molar-refractivity contribution is 5.25. The highest BCUT2D eigenvalue weighted by atomic mass is 16.5. The fourth-order valence-corrected chi connectivity index (χ4v) is 5.51. The van der Waals surface area contributed by atoms with Crippen LogP contribution in [0, 0.1) is 17.8 Å². The zero-order valence-corrected chi connectivity index (χ0v) is 18.8. The van der Waals surface area contributed by atoms with E-state index < -0.39 is 0 Å². The van der Waals surface area contributed by atoms with E-state index >= 15 is 0 Å². The lowest BCUT2D eigenvalue weighted by Crippen LogP contribution is -2.25. The molecule has 3 rings (SSSR count). The van der Waals surface area contributed by atoms with Crippen LogP contribution < -0.4 is 0 Å². The lowest BCUT2D eigenvalue weighted by atomic mass is 9.68. The van der Waals surface area contributed by atoms with E-state index in [1.165, 1.54) is 63.4 Å². The Balaban J connectivity index is 1.38. The van der Waals surface area contributed by atoms with Gasteiger partial charge in [0.25, 0.3) is 0 Å². The molecule has 2 saturated carbocycles. The van der Waals surface area contributed by atoms with Gasteiger partial charge in [-0.25, -0.2) is 0 Å². The molecule has 160 valence electrons. The molecule has 1 aromatic rings. The lowest BCUT2D eigenvalue weighted by Gasteiger charge is -2.38. The van der Waals surface area contributed by atoms with E-state index in [0.29, 0.717) is 0 Å². The number of rotatable bonds is 9. The van der Waals surface area contributed by atoms with Crippen molar-refractivity contribution in [1.82, 2.24) is 0 Å². The normalized spacial score (nSPS) is 28.3. The van der Waals surface area contributed by atoms with Gasteiger partial charge < -0.3 is 4.74 Å². The Kier molecular flexibility index (Phi) is 9.54. The van der Waals surface area contributed by atoms with Gasteiger partial charge in [0.1, 0.15) is 0 Å². The summed E-state index contributed by atoms with van der Waals surface area (Å²) in [5, 5.41) is 0. The first-order chi connectivity index (χ1) is 14.3. The molecular weight excluding hydrogens is 352 g/mol. The van der Waals surface area contributed by atoms with Crippen molar-refractivity contribution in [1.29, 1.82) is 0 Å². The summed E-state index contributed by atoms with van der Waals surface area (Å²) in [6, 6.07) is 9.27. The molecule has 0 saturated heterocycles. The van der Waals surface area contributed by atoms with Crippen molar-refractivity contribution in [2.75, 3.05) is 6.61 Å². The molecule has 0 unspecified atom stereocenters. The average molecular weight is 395 g/mol. The molecule has 0 aliphatic heterocycles. The van der Waals surface area contributed by atoms with Crippen LogP contribution in [0.4, 0.5) is 0 Å². The lowest BCUT2D eigenvalue weighted by molar-refractivity contribution is 0.148. The summed E-state index contributed by atoms with van der Waals surface area (Å²) >= 11 is 0. The van der Waals surface area contributed by atoms with Crippen LogP contribution in [0.15, 0.2) is 48.6 Å². The second-order valence-electron chi connectivity index (χ2n) is 9.33. The third-order valence-corrected chi connectivity index (χ3v) is 7.37. The van der Waals surface area contributed by atoms with Gasteiger partial charge in [0.15, 0.2) is 0 Å². The van der Waals surface area contributed by atoms with Crippen molar-refractivity contribution in [3.8, 4) is 0 Å². The summed E-state index contributed by atoms with van der Waals surface area (Å²) in [4.78, 5) is 0. The number of allylic oxidation sites excluding steroid dienone is 3. The Bertz CT molecular complexity index is 610. The summed E-state index contributed by atoms with van der Waals surface area (Å²) in [7, 11) is 0. The average Bonchev–Trinajstić information content (AvgIpc) is 2.78. The quantitative estimate of drug-likeness (QED) is 0.303. The van der Waals surface area contributed by atoms with Gasteiger partial charge in [0.05, 0.1) is 13.2 Å².